The number of nitrogens with one attached hydrogen (secondary N) is 3. The van der Waals surface area contributed by atoms with Crippen molar-refractivity contribution in [3.8, 4) is 0 Å². The number of aliphatic imine (C=N–C) groups is 1. The van der Waals surface area contributed by atoms with E-state index in [1.54, 1.807) is 18.3 Å². The maximum Gasteiger partial charge on any atom is 0.382 e. The van der Waals surface area contributed by atoms with Crippen molar-refractivity contribution in [2.45, 2.75) is 12.8 Å². The number of allylic oxidation sites excluding steroid dienone is 2. The lowest BCUT2D eigenvalue weighted by Crippen LogP contribution is -2.37. The van der Waals surface area contributed by atoms with Crippen molar-refractivity contribution in [1.82, 2.24) is 25.3 Å². The van der Waals surface area contributed by atoms with E-state index in [0.29, 0.717) is 18.8 Å². The quantitative estimate of drug-likeness (QED) is 0.285. The minimum atomic E-state index is -0.764. The first kappa shape index (κ1) is 14.9. The third-order valence-corrected chi connectivity index (χ3v) is 4.21. The summed E-state index contributed by atoms with van der Waals surface area (Å²) in [5.41, 5.74) is 6.45. The van der Waals surface area contributed by atoms with Crippen LogP contribution in [0.5, 0.6) is 0 Å². The summed E-state index contributed by atoms with van der Waals surface area (Å²) in [6, 6.07) is 0. The Hall–Kier alpha value is -3.63. The Morgan fingerprint density at radius 1 is 1.44 bits per heavy atom. The molecular weight excluding hydrogens is 328 g/mol. The fourth-order valence-corrected chi connectivity index (χ4v) is 3.10. The Bertz CT molecular complexity index is 936. The smallest absolute Gasteiger partial charge is 0.382 e. The lowest BCUT2D eigenvalue weighted by molar-refractivity contribution is -0.389. The molecule has 0 saturated heterocycles. The number of likely N-dealkylation sites (N-methyl/N-ethyl adjacent to an activating group) is 1. The van der Waals surface area contributed by atoms with E-state index >= 15 is 0 Å². The molecule has 0 unspecified atom stereocenters. The Balaban J connectivity index is 1.76. The Morgan fingerprint density at radius 2 is 2.24 bits per heavy atom. The Labute approximate surface area is 141 Å². The van der Waals surface area contributed by atoms with Gasteiger partial charge in [-0.1, -0.05) is 0 Å². The molecule has 0 atom stereocenters. The highest BCUT2D eigenvalue weighted by Crippen LogP contribution is 2.38. The van der Waals surface area contributed by atoms with Gasteiger partial charge in [-0.25, -0.2) is 9.56 Å². The average molecular weight is 341 g/mol. The van der Waals surface area contributed by atoms with Gasteiger partial charge in [0, 0.05) is 24.7 Å². The number of nitrogens with zero attached hydrogens (tertiary/aromatic N) is 5. The van der Waals surface area contributed by atoms with E-state index in [1.165, 1.54) is 17.1 Å². The molecule has 11 heteroatoms. The van der Waals surface area contributed by atoms with Crippen LogP contribution in [0.4, 0.5) is 5.82 Å². The van der Waals surface area contributed by atoms with Gasteiger partial charge in [-0.15, -0.1) is 0 Å². The molecule has 0 saturated carbocycles. The summed E-state index contributed by atoms with van der Waals surface area (Å²) in [6.07, 6.45) is 5.58. The fourth-order valence-electron chi connectivity index (χ4n) is 3.10. The van der Waals surface area contributed by atoms with Gasteiger partial charge >= 0.3 is 5.82 Å². The largest absolute Gasteiger partial charge is 0.858 e. The molecule has 1 aliphatic carbocycles. The van der Waals surface area contributed by atoms with Crippen LogP contribution in [-0.2, 0) is 0 Å². The first-order valence-corrected chi connectivity index (χ1v) is 7.43. The van der Waals surface area contributed by atoms with Crippen LogP contribution in [0, 0.1) is 15.5 Å². The number of hydrazine groups is 1. The third-order valence-electron chi connectivity index (χ3n) is 4.21. The number of imidazole rings is 1. The van der Waals surface area contributed by atoms with E-state index in [0.717, 1.165) is 22.5 Å². The summed E-state index contributed by atoms with van der Waals surface area (Å²) in [4.78, 5) is 18.2. The minimum Gasteiger partial charge on any atom is -0.858 e. The lowest BCUT2D eigenvalue weighted by Gasteiger charge is -2.29. The summed E-state index contributed by atoms with van der Waals surface area (Å²) in [7, 11) is 1.76. The zero-order valence-electron chi connectivity index (χ0n) is 13.1. The number of hydrogen-bond donors (Lipinski definition) is 3. The maximum absolute atomic E-state index is 11.5. The van der Waals surface area contributed by atoms with Crippen molar-refractivity contribution < 1.29 is 10.0 Å². The summed E-state index contributed by atoms with van der Waals surface area (Å²) < 4.78 is 1.43. The van der Waals surface area contributed by atoms with Crippen LogP contribution in [0.25, 0.3) is 0 Å². The predicted molar refractivity (Wildman–Crippen MR) is 84.8 cm³/mol. The molecule has 25 heavy (non-hydrogen) atoms. The predicted octanol–water partition coefficient (Wildman–Crippen LogP) is -0.470. The molecule has 0 bridgehead atoms. The normalized spacial score (nSPS) is 18.8. The first-order valence-electron chi connectivity index (χ1n) is 7.43. The van der Waals surface area contributed by atoms with Crippen molar-refractivity contribution in [2.24, 2.45) is 4.99 Å². The molecule has 3 heterocycles. The number of fused-ring (bicyclic) bond motifs is 2. The van der Waals surface area contributed by atoms with Crippen LogP contribution < -0.4 is 15.8 Å². The number of nitro groups is 1. The van der Waals surface area contributed by atoms with Crippen LogP contribution in [-0.4, -0.2) is 38.4 Å². The van der Waals surface area contributed by atoms with Crippen LogP contribution in [0.2, 0.25) is 0 Å². The highest BCUT2D eigenvalue weighted by atomic mass is 16.6. The highest BCUT2D eigenvalue weighted by molar-refractivity contribution is 5.91. The Morgan fingerprint density at radius 3 is 2.92 bits per heavy atom. The first-order chi connectivity index (χ1) is 12.0. The van der Waals surface area contributed by atoms with Crippen molar-refractivity contribution in [3.63, 3.8) is 0 Å². The van der Waals surface area contributed by atoms with Gasteiger partial charge in [0.1, 0.15) is 6.20 Å². The van der Waals surface area contributed by atoms with Crippen molar-refractivity contribution in [2.75, 3.05) is 7.05 Å². The summed E-state index contributed by atoms with van der Waals surface area (Å²) in [5.74, 6) is -0.671. The third kappa shape index (κ3) is 2.24. The molecule has 3 aliphatic rings. The average Bonchev–Trinajstić information content (AvgIpc) is 3.19. The molecule has 1 aromatic heterocycles. The van der Waals surface area contributed by atoms with E-state index in [2.05, 4.69) is 20.7 Å². The maximum atomic E-state index is 11.5. The summed E-state index contributed by atoms with van der Waals surface area (Å²) in [6.45, 7) is 0. The van der Waals surface area contributed by atoms with Gasteiger partial charge in [-0.3, -0.25) is 10.4 Å². The molecule has 11 nitrogen and oxygen atoms in total. The molecule has 4 rings (SSSR count). The van der Waals surface area contributed by atoms with Crippen LogP contribution in [0.3, 0.4) is 0 Å². The minimum absolute atomic E-state index is 0.271. The van der Waals surface area contributed by atoms with Crippen LogP contribution in [0.1, 0.15) is 12.8 Å². The molecular formula is C14H13N8O3-. The molecule has 0 aromatic carbocycles. The summed E-state index contributed by atoms with van der Waals surface area (Å²) >= 11 is 0. The standard InChI is InChI=1S/C14H14N8O3/c1-20-12-8(11(19-20)13(15)23)3-2-7-4-16-14(18-10(7)12)21-5-9(17-6-21)22(24)25/h4-6,19H,2-3H2,1H3,(H2,15,23)(H,16,18)/p-1. The zero-order valence-corrected chi connectivity index (χ0v) is 13.1. The van der Waals surface area contributed by atoms with E-state index in [9.17, 15) is 15.2 Å². The second-order valence-corrected chi connectivity index (χ2v) is 5.71. The summed E-state index contributed by atoms with van der Waals surface area (Å²) in [5, 5.41) is 34.6. The molecule has 0 spiro atoms. The second kappa shape index (κ2) is 5.19. The van der Waals surface area contributed by atoms with E-state index in [-0.39, 0.29) is 11.5 Å². The van der Waals surface area contributed by atoms with E-state index in [4.69, 9.17) is 5.41 Å². The van der Waals surface area contributed by atoms with Gasteiger partial charge in [-0.2, -0.15) is 0 Å². The molecule has 2 aliphatic heterocycles. The topological polar surface area (TPSA) is 148 Å². The van der Waals surface area contributed by atoms with Gasteiger partial charge in [0.25, 0.3) is 0 Å². The number of rotatable bonds is 2. The van der Waals surface area contributed by atoms with Crippen LogP contribution in [0.15, 0.2) is 52.0 Å². The van der Waals surface area contributed by atoms with Gasteiger partial charge in [0.05, 0.1) is 17.1 Å². The van der Waals surface area contributed by atoms with Crippen molar-refractivity contribution >= 4 is 17.7 Å². The molecule has 0 fully saturated rings. The second-order valence-electron chi connectivity index (χ2n) is 5.71. The van der Waals surface area contributed by atoms with Crippen LogP contribution >= 0.6 is 0 Å². The van der Waals surface area contributed by atoms with Gasteiger partial charge in [-0.05, 0) is 28.3 Å². The molecule has 1 aromatic rings. The van der Waals surface area contributed by atoms with E-state index in [1.807, 2.05) is 0 Å². The Kier molecular flexibility index (Phi) is 3.10. The molecule has 0 amide bonds. The van der Waals surface area contributed by atoms with Crippen molar-refractivity contribution in [3.05, 3.63) is 57.1 Å². The SMILES string of the molecule is CN1NC(C(=N)[O-])=C2CCC3=CN=C(n4cnc([N+](=O)[O-])c4)NC3=C21. The number of aromatic nitrogens is 2. The molecule has 0 radical (unpaired) electrons. The molecule has 128 valence electrons. The fraction of sp³-hybridized carbons (Fsp3) is 0.214. The lowest BCUT2D eigenvalue weighted by atomic mass is 9.90. The van der Waals surface area contributed by atoms with E-state index < -0.39 is 10.8 Å². The van der Waals surface area contributed by atoms with Crippen molar-refractivity contribution in [1.29, 1.82) is 5.41 Å². The van der Waals surface area contributed by atoms with Gasteiger partial charge in [0.2, 0.25) is 12.3 Å². The number of hydrogen-bond acceptors (Lipinski definition) is 9. The van der Waals surface area contributed by atoms with Gasteiger partial charge in [0.15, 0.2) is 0 Å². The molecule has 3 N–H and O–H groups in total. The monoisotopic (exact) mass is 341 g/mol. The van der Waals surface area contributed by atoms with Gasteiger partial charge < -0.3 is 25.9 Å². The highest BCUT2D eigenvalue weighted by Gasteiger charge is 2.33. The zero-order chi connectivity index (χ0) is 17.7.